The number of nitrogens with zero attached hydrogens (tertiary/aromatic N) is 1. The lowest BCUT2D eigenvalue weighted by atomic mass is 10.1. The van der Waals surface area contributed by atoms with Gasteiger partial charge in [0.2, 0.25) is 0 Å². The van der Waals surface area contributed by atoms with E-state index in [1.54, 1.807) is 17.0 Å². The highest BCUT2D eigenvalue weighted by Gasteiger charge is 2.21. The van der Waals surface area contributed by atoms with Crippen LogP contribution in [0.5, 0.6) is 0 Å². The van der Waals surface area contributed by atoms with Crippen molar-refractivity contribution in [1.29, 1.82) is 0 Å². The fourth-order valence-electron chi connectivity index (χ4n) is 3.24. The summed E-state index contributed by atoms with van der Waals surface area (Å²) >= 11 is 0. The van der Waals surface area contributed by atoms with Gasteiger partial charge in [0.15, 0.2) is 0 Å². The third kappa shape index (κ3) is 5.78. The third-order valence-corrected chi connectivity index (χ3v) is 4.54. The van der Waals surface area contributed by atoms with E-state index in [9.17, 15) is 14.3 Å². The molecule has 134 valence electrons. The van der Waals surface area contributed by atoms with Crippen LogP contribution in [0.3, 0.4) is 0 Å². The maximum Gasteiger partial charge on any atom is 0.317 e. The Labute approximate surface area is 144 Å². The van der Waals surface area contributed by atoms with Crippen LogP contribution >= 0.6 is 0 Å². The van der Waals surface area contributed by atoms with Crippen molar-refractivity contribution in [3.05, 3.63) is 35.6 Å². The smallest absolute Gasteiger partial charge is 0.317 e. The first-order valence-corrected chi connectivity index (χ1v) is 8.92. The number of carbonyl (C=O) groups is 1. The van der Waals surface area contributed by atoms with Crippen LogP contribution < -0.4 is 5.32 Å². The van der Waals surface area contributed by atoms with E-state index >= 15 is 0 Å². The van der Waals surface area contributed by atoms with Crippen molar-refractivity contribution in [1.82, 2.24) is 10.2 Å². The molecule has 1 atom stereocenters. The first-order chi connectivity index (χ1) is 11.5. The van der Waals surface area contributed by atoms with Crippen LogP contribution in [0.25, 0.3) is 0 Å². The molecule has 4 nitrogen and oxygen atoms in total. The van der Waals surface area contributed by atoms with Crippen molar-refractivity contribution in [3.63, 3.8) is 0 Å². The van der Waals surface area contributed by atoms with Gasteiger partial charge in [0.1, 0.15) is 5.82 Å². The van der Waals surface area contributed by atoms with E-state index in [0.717, 1.165) is 0 Å². The summed E-state index contributed by atoms with van der Waals surface area (Å²) in [5, 5.41) is 13.4. The maximum absolute atomic E-state index is 13.0. The summed E-state index contributed by atoms with van der Waals surface area (Å²) in [5.74, 6) is 0.554. The second kappa shape index (κ2) is 9.02. The summed E-state index contributed by atoms with van der Waals surface area (Å²) in [5.41, 5.74) is 0.619. The van der Waals surface area contributed by atoms with Gasteiger partial charge in [0.25, 0.3) is 0 Å². The molecular weight excluding hydrogens is 307 g/mol. The average molecular weight is 336 g/mol. The van der Waals surface area contributed by atoms with Gasteiger partial charge in [-0.3, -0.25) is 0 Å². The molecule has 0 saturated heterocycles. The molecule has 0 spiro atoms. The molecule has 1 fully saturated rings. The second-order valence-corrected chi connectivity index (χ2v) is 7.20. The zero-order chi connectivity index (χ0) is 17.5. The number of rotatable bonds is 7. The number of aliphatic hydroxyl groups excluding tert-OH is 1. The highest BCUT2D eigenvalue weighted by atomic mass is 19.1. The standard InChI is InChI=1S/C19H29FN2O2/c1-14(2)12-22(19(24)21-11-15-5-3-4-6-15)13-18(23)16-7-9-17(20)10-8-16/h7-10,14-15,18,23H,3-6,11-13H2,1-2H3,(H,21,24). The zero-order valence-electron chi connectivity index (χ0n) is 14.7. The van der Waals surface area contributed by atoms with Crippen LogP contribution in [-0.4, -0.2) is 35.7 Å². The third-order valence-electron chi connectivity index (χ3n) is 4.54. The fourth-order valence-corrected chi connectivity index (χ4v) is 3.24. The Morgan fingerprint density at radius 1 is 1.25 bits per heavy atom. The summed E-state index contributed by atoms with van der Waals surface area (Å²) in [6.07, 6.45) is 4.05. The van der Waals surface area contributed by atoms with Gasteiger partial charge < -0.3 is 15.3 Å². The zero-order valence-corrected chi connectivity index (χ0v) is 14.7. The van der Waals surface area contributed by atoms with Crippen molar-refractivity contribution in [2.75, 3.05) is 19.6 Å². The lowest BCUT2D eigenvalue weighted by Gasteiger charge is -2.28. The molecule has 2 rings (SSSR count). The quantitative estimate of drug-likeness (QED) is 0.797. The Morgan fingerprint density at radius 2 is 1.88 bits per heavy atom. The van der Waals surface area contributed by atoms with Crippen LogP contribution in [-0.2, 0) is 0 Å². The molecule has 2 N–H and O–H groups in total. The maximum atomic E-state index is 13.0. The number of carbonyl (C=O) groups excluding carboxylic acids is 1. The number of amides is 2. The minimum Gasteiger partial charge on any atom is -0.387 e. The summed E-state index contributed by atoms with van der Waals surface area (Å²) < 4.78 is 13.0. The molecule has 0 aromatic heterocycles. The molecule has 2 amide bonds. The van der Waals surface area contributed by atoms with E-state index in [-0.39, 0.29) is 18.4 Å². The highest BCUT2D eigenvalue weighted by Crippen LogP contribution is 2.24. The molecule has 1 aromatic carbocycles. The lowest BCUT2D eigenvalue weighted by molar-refractivity contribution is 0.115. The van der Waals surface area contributed by atoms with Crippen molar-refractivity contribution >= 4 is 6.03 Å². The Bertz CT molecular complexity index is 513. The number of benzene rings is 1. The van der Waals surface area contributed by atoms with Gasteiger partial charge in [0.05, 0.1) is 12.6 Å². The minimum atomic E-state index is -0.818. The molecule has 1 aliphatic carbocycles. The molecule has 1 unspecified atom stereocenters. The predicted octanol–water partition coefficient (Wildman–Crippen LogP) is 3.72. The predicted molar refractivity (Wildman–Crippen MR) is 93.1 cm³/mol. The van der Waals surface area contributed by atoms with Crippen LogP contribution in [0.4, 0.5) is 9.18 Å². The molecule has 0 radical (unpaired) electrons. The van der Waals surface area contributed by atoms with E-state index in [1.807, 2.05) is 13.8 Å². The molecule has 1 saturated carbocycles. The van der Waals surface area contributed by atoms with Gasteiger partial charge in [-0.15, -0.1) is 0 Å². The summed E-state index contributed by atoms with van der Waals surface area (Å²) in [4.78, 5) is 14.2. The summed E-state index contributed by atoms with van der Waals surface area (Å²) in [6.45, 7) is 5.58. The van der Waals surface area contributed by atoms with E-state index in [0.29, 0.717) is 30.5 Å². The van der Waals surface area contributed by atoms with Crippen molar-refractivity contribution in [3.8, 4) is 0 Å². The van der Waals surface area contributed by atoms with Crippen LogP contribution in [0.2, 0.25) is 0 Å². The van der Waals surface area contributed by atoms with Gasteiger partial charge in [-0.05, 0) is 42.4 Å². The number of nitrogens with one attached hydrogen (secondary N) is 1. The largest absolute Gasteiger partial charge is 0.387 e. The first-order valence-electron chi connectivity index (χ1n) is 8.92. The van der Waals surface area contributed by atoms with E-state index in [4.69, 9.17) is 0 Å². The Balaban J connectivity index is 1.92. The number of hydrogen-bond donors (Lipinski definition) is 2. The van der Waals surface area contributed by atoms with Crippen LogP contribution in [0, 0.1) is 17.7 Å². The van der Waals surface area contributed by atoms with Gasteiger partial charge in [0, 0.05) is 13.1 Å². The number of urea groups is 1. The van der Waals surface area contributed by atoms with Gasteiger partial charge in [-0.25, -0.2) is 9.18 Å². The molecule has 1 aromatic rings. The first kappa shape index (κ1) is 18.7. The highest BCUT2D eigenvalue weighted by molar-refractivity contribution is 5.74. The molecule has 0 heterocycles. The Hall–Kier alpha value is -1.62. The molecule has 0 bridgehead atoms. The average Bonchev–Trinajstić information content (AvgIpc) is 3.05. The van der Waals surface area contributed by atoms with Crippen molar-refractivity contribution in [2.24, 2.45) is 11.8 Å². The fraction of sp³-hybridized carbons (Fsp3) is 0.632. The van der Waals surface area contributed by atoms with Gasteiger partial charge in [-0.2, -0.15) is 0 Å². The van der Waals surface area contributed by atoms with Crippen LogP contribution in [0.1, 0.15) is 51.2 Å². The topological polar surface area (TPSA) is 52.6 Å². The van der Waals surface area contributed by atoms with Gasteiger partial charge in [-0.1, -0.05) is 38.8 Å². The van der Waals surface area contributed by atoms with E-state index < -0.39 is 6.10 Å². The van der Waals surface area contributed by atoms with E-state index in [1.165, 1.54) is 37.8 Å². The SMILES string of the molecule is CC(C)CN(CC(O)c1ccc(F)cc1)C(=O)NCC1CCCC1. The van der Waals surface area contributed by atoms with Crippen LogP contribution in [0.15, 0.2) is 24.3 Å². The molecular formula is C19H29FN2O2. The molecule has 24 heavy (non-hydrogen) atoms. The molecule has 1 aliphatic rings. The number of hydrogen-bond acceptors (Lipinski definition) is 2. The number of aliphatic hydroxyl groups is 1. The van der Waals surface area contributed by atoms with Crippen molar-refractivity contribution < 1.29 is 14.3 Å². The Kier molecular flexibility index (Phi) is 7.03. The summed E-state index contributed by atoms with van der Waals surface area (Å²) in [7, 11) is 0. The minimum absolute atomic E-state index is 0.128. The van der Waals surface area contributed by atoms with Gasteiger partial charge >= 0.3 is 6.03 Å². The van der Waals surface area contributed by atoms with Crippen molar-refractivity contribution in [2.45, 2.75) is 45.6 Å². The Morgan fingerprint density at radius 3 is 2.46 bits per heavy atom. The molecule has 5 heteroatoms. The second-order valence-electron chi connectivity index (χ2n) is 7.20. The number of halogens is 1. The monoisotopic (exact) mass is 336 g/mol. The normalized spacial score (nSPS) is 16.4. The summed E-state index contributed by atoms with van der Waals surface area (Å²) in [6, 6.07) is 5.64. The lowest BCUT2D eigenvalue weighted by Crippen LogP contribution is -2.45. The molecule has 0 aliphatic heterocycles. The van der Waals surface area contributed by atoms with E-state index in [2.05, 4.69) is 5.32 Å².